The van der Waals surface area contributed by atoms with Crippen LogP contribution in [0.3, 0.4) is 0 Å². The van der Waals surface area contributed by atoms with Crippen molar-refractivity contribution in [2.45, 2.75) is 45.9 Å². The molecule has 2 aromatic rings. The van der Waals surface area contributed by atoms with Gasteiger partial charge in [0.05, 0.1) is 39.4 Å². The van der Waals surface area contributed by atoms with E-state index in [1.807, 2.05) is 68.5 Å². The van der Waals surface area contributed by atoms with E-state index in [2.05, 4.69) is 25.8 Å². The van der Waals surface area contributed by atoms with Crippen LogP contribution < -0.4 is 4.74 Å². The molecule has 1 atom stereocenters. The van der Waals surface area contributed by atoms with Crippen LogP contribution in [0.1, 0.15) is 38.3 Å². The van der Waals surface area contributed by atoms with Gasteiger partial charge in [-0.2, -0.15) is 4.36 Å². The van der Waals surface area contributed by atoms with Crippen LogP contribution in [0, 0.1) is 19.8 Å². The Morgan fingerprint density at radius 2 is 1.80 bits per heavy atom. The Morgan fingerprint density at radius 3 is 2.43 bits per heavy atom. The van der Waals surface area contributed by atoms with E-state index in [-0.39, 0.29) is 0 Å². The molecule has 0 saturated heterocycles. The summed E-state index contributed by atoms with van der Waals surface area (Å²) in [7, 11) is 0.982. The second-order valence-corrected chi connectivity index (χ2v) is 10.4. The van der Waals surface area contributed by atoms with Crippen LogP contribution >= 0.6 is 0 Å². The third-order valence-electron chi connectivity index (χ3n) is 5.03. The highest BCUT2D eigenvalue weighted by Crippen LogP contribution is 2.32. The van der Waals surface area contributed by atoms with Crippen LogP contribution in [0.2, 0.25) is 0 Å². The van der Waals surface area contributed by atoms with Gasteiger partial charge in [-0.1, -0.05) is 19.9 Å². The molecule has 30 heavy (non-hydrogen) atoms. The van der Waals surface area contributed by atoms with Gasteiger partial charge >= 0.3 is 0 Å². The van der Waals surface area contributed by atoms with Crippen molar-refractivity contribution in [1.29, 1.82) is 0 Å². The van der Waals surface area contributed by atoms with Crippen LogP contribution in [0.15, 0.2) is 50.6 Å². The Hall–Kier alpha value is -2.34. The Bertz CT molecular complexity index is 1010. The Kier molecular flexibility index (Phi) is 8.47. The van der Waals surface area contributed by atoms with Crippen molar-refractivity contribution >= 4 is 27.4 Å². The lowest BCUT2D eigenvalue weighted by atomic mass is 10.1. The predicted octanol–water partition coefficient (Wildman–Crippen LogP) is 6.13. The number of aliphatic imine (C=N–C) groups is 1. The van der Waals surface area contributed by atoms with Gasteiger partial charge in [-0.05, 0) is 74.6 Å². The summed E-state index contributed by atoms with van der Waals surface area (Å²) in [5.41, 5.74) is 3.64. The minimum Gasteiger partial charge on any atom is -0.497 e. The Balaban J connectivity index is 2.56. The molecule has 0 aliphatic carbocycles. The molecule has 5 nitrogen and oxygen atoms in total. The van der Waals surface area contributed by atoms with Crippen LogP contribution in [0.25, 0.3) is 0 Å². The lowest BCUT2D eigenvalue weighted by Gasteiger charge is -2.15. The average Bonchev–Trinajstić information content (AvgIpc) is 2.73. The van der Waals surface area contributed by atoms with E-state index in [4.69, 9.17) is 9.10 Å². The normalized spacial score (nSPS) is 13.5. The number of methoxy groups -OCH3 is 1. The van der Waals surface area contributed by atoms with Gasteiger partial charge in [0.1, 0.15) is 5.75 Å². The molecule has 0 aromatic heterocycles. The monoisotopic (exact) mass is 429 g/mol. The quantitative estimate of drug-likeness (QED) is 0.356. The topological polar surface area (TPSA) is 54.3 Å². The molecule has 0 bridgehead atoms. The van der Waals surface area contributed by atoms with Gasteiger partial charge in [0.2, 0.25) is 0 Å². The Labute approximate surface area is 182 Å². The zero-order valence-corrected chi connectivity index (χ0v) is 20.1. The van der Waals surface area contributed by atoms with E-state index in [0.717, 1.165) is 35.5 Å². The largest absolute Gasteiger partial charge is 0.497 e. The van der Waals surface area contributed by atoms with Gasteiger partial charge in [-0.3, -0.25) is 0 Å². The third kappa shape index (κ3) is 6.33. The molecular formula is C24H35N3O2S. The summed E-state index contributed by atoms with van der Waals surface area (Å²) in [4.78, 5) is 7.32. The minimum atomic E-state index is -2.63. The molecule has 0 aliphatic heterocycles. The van der Waals surface area contributed by atoms with Gasteiger partial charge in [0.25, 0.3) is 0 Å². The number of aryl methyl sites for hydroxylation is 2. The highest BCUT2D eigenvalue weighted by atomic mass is 32.2. The van der Waals surface area contributed by atoms with Crippen LogP contribution in [-0.2, 0) is 9.73 Å². The molecule has 164 valence electrons. The molecule has 1 unspecified atom stereocenters. The molecule has 0 N–H and O–H groups in total. The Morgan fingerprint density at radius 1 is 1.13 bits per heavy atom. The average molecular weight is 430 g/mol. The summed E-state index contributed by atoms with van der Waals surface area (Å²) in [6.07, 6.45) is 2.67. The second kappa shape index (κ2) is 10.6. The van der Waals surface area contributed by atoms with Crippen LogP contribution in [0.5, 0.6) is 5.75 Å². The number of hydrogen-bond acceptors (Lipinski definition) is 4. The highest BCUT2D eigenvalue weighted by molar-refractivity contribution is 7.93. The smallest absolute Gasteiger partial charge is 0.120 e. The summed E-state index contributed by atoms with van der Waals surface area (Å²) in [5.74, 6) is 1.65. The van der Waals surface area contributed by atoms with E-state index < -0.39 is 9.73 Å². The van der Waals surface area contributed by atoms with Gasteiger partial charge in [-0.25, -0.2) is 9.20 Å². The first-order chi connectivity index (χ1) is 14.2. The van der Waals surface area contributed by atoms with Crippen molar-refractivity contribution in [1.82, 2.24) is 4.90 Å². The fourth-order valence-corrected chi connectivity index (χ4v) is 5.16. The minimum absolute atomic E-state index is 0.446. The fourth-order valence-electron chi connectivity index (χ4n) is 2.84. The van der Waals surface area contributed by atoms with Crippen LogP contribution in [0.4, 0.5) is 11.4 Å². The lowest BCUT2D eigenvalue weighted by Crippen LogP contribution is -2.14. The molecule has 6 heteroatoms. The van der Waals surface area contributed by atoms with Crippen molar-refractivity contribution in [2.24, 2.45) is 15.3 Å². The lowest BCUT2D eigenvalue weighted by molar-refractivity contribution is 0.413. The first-order valence-corrected chi connectivity index (χ1v) is 12.1. The van der Waals surface area contributed by atoms with Crippen molar-refractivity contribution in [3.8, 4) is 5.75 Å². The third-order valence-corrected chi connectivity index (χ3v) is 7.31. The van der Waals surface area contributed by atoms with E-state index in [9.17, 15) is 4.21 Å². The SMILES string of the molecule is CCN(C)C=Nc1cc(C)c(N=S(=O)(CCC(C)C)c2cccc(OC)c2)cc1C. The standard InChI is InChI=1S/C24H35N3O2S/c1-8-27(6)17-25-23-14-20(5)24(15-19(23)4)26-30(28,13-12-18(2)3)22-11-9-10-21(16-22)29-7/h9-11,14-18H,8,12-13H2,1-7H3. The van der Waals surface area contributed by atoms with E-state index in [1.54, 1.807) is 7.11 Å². The van der Waals surface area contributed by atoms with Gasteiger partial charge in [0.15, 0.2) is 0 Å². The van der Waals surface area contributed by atoms with Crippen LogP contribution in [-0.4, -0.2) is 41.9 Å². The molecule has 0 heterocycles. The molecule has 0 fully saturated rings. The summed E-state index contributed by atoms with van der Waals surface area (Å²) in [5, 5.41) is 0. The molecular weight excluding hydrogens is 394 g/mol. The zero-order chi connectivity index (χ0) is 22.3. The maximum Gasteiger partial charge on any atom is 0.120 e. The zero-order valence-electron chi connectivity index (χ0n) is 19.3. The highest BCUT2D eigenvalue weighted by Gasteiger charge is 2.16. The summed E-state index contributed by atoms with van der Waals surface area (Å²) >= 11 is 0. The van der Waals surface area contributed by atoms with Gasteiger partial charge < -0.3 is 9.64 Å². The number of benzene rings is 2. The molecule has 0 saturated carbocycles. The van der Waals surface area contributed by atoms with Crippen molar-refractivity contribution < 1.29 is 8.95 Å². The maximum absolute atomic E-state index is 14.1. The summed E-state index contributed by atoms with van der Waals surface area (Å²) < 4.78 is 24.3. The van der Waals surface area contributed by atoms with E-state index in [0.29, 0.717) is 22.3 Å². The molecule has 2 aromatic carbocycles. The molecule has 0 amide bonds. The maximum atomic E-state index is 14.1. The molecule has 2 rings (SSSR count). The van der Waals surface area contributed by atoms with Crippen molar-refractivity contribution in [3.63, 3.8) is 0 Å². The van der Waals surface area contributed by atoms with E-state index in [1.165, 1.54) is 0 Å². The molecule has 0 radical (unpaired) electrons. The fraction of sp³-hybridized carbons (Fsp3) is 0.458. The van der Waals surface area contributed by atoms with Crippen molar-refractivity contribution in [3.05, 3.63) is 47.5 Å². The first kappa shape index (κ1) is 23.9. The van der Waals surface area contributed by atoms with Gasteiger partial charge in [-0.15, -0.1) is 0 Å². The molecule has 0 aliphatic rings. The second-order valence-electron chi connectivity index (χ2n) is 8.04. The number of rotatable bonds is 9. The van der Waals surface area contributed by atoms with E-state index >= 15 is 0 Å². The summed E-state index contributed by atoms with van der Waals surface area (Å²) in [6.45, 7) is 11.3. The number of ether oxygens (including phenoxy) is 1. The van der Waals surface area contributed by atoms with Crippen molar-refractivity contribution in [2.75, 3.05) is 26.5 Å². The molecule has 0 spiro atoms. The number of hydrogen-bond donors (Lipinski definition) is 0. The van der Waals surface area contributed by atoms with Gasteiger partial charge in [0, 0.05) is 19.3 Å². The summed E-state index contributed by atoms with van der Waals surface area (Å²) in [6, 6.07) is 11.5. The first-order valence-electron chi connectivity index (χ1n) is 10.4. The number of nitrogens with zero attached hydrogens (tertiary/aromatic N) is 3. The predicted molar refractivity (Wildman–Crippen MR) is 128 cm³/mol.